The van der Waals surface area contributed by atoms with Crippen LogP contribution >= 0.6 is 0 Å². The highest BCUT2D eigenvalue weighted by atomic mass is 32.2. The molecule has 0 aromatic heterocycles. The number of hydrogen-bond donors (Lipinski definition) is 4. The van der Waals surface area contributed by atoms with E-state index in [-0.39, 0.29) is 77.0 Å². The molecular weight excluding hydrogens is 1310 g/mol. The van der Waals surface area contributed by atoms with Crippen molar-refractivity contribution >= 4 is 65.6 Å². The summed E-state index contributed by atoms with van der Waals surface area (Å²) < 4.78 is 111. The van der Waals surface area contributed by atoms with Crippen molar-refractivity contribution in [3.05, 3.63) is 99.6 Å². The van der Waals surface area contributed by atoms with Gasteiger partial charge in [0.1, 0.15) is 47.4 Å². The van der Waals surface area contributed by atoms with E-state index >= 15 is 0 Å². The van der Waals surface area contributed by atoms with Crippen molar-refractivity contribution in [1.29, 1.82) is 0 Å². The van der Waals surface area contributed by atoms with E-state index in [1.807, 2.05) is 20.8 Å². The van der Waals surface area contributed by atoms with E-state index in [4.69, 9.17) is 39.3 Å². The molecule has 0 unspecified atom stereocenters. The molecule has 0 fully saturated rings. The molecule has 0 bridgehead atoms. The number of aliphatic carboxylic acids is 1. The molecule has 0 aliphatic rings. The molecule has 0 aliphatic heterocycles. The number of ketones is 1. The van der Waals surface area contributed by atoms with Crippen LogP contribution < -0.4 is 35.3 Å². The van der Waals surface area contributed by atoms with Crippen LogP contribution in [0, 0.1) is 41.5 Å². The first-order chi connectivity index (χ1) is 44.9. The van der Waals surface area contributed by atoms with Crippen LogP contribution in [0.25, 0.3) is 0 Å². The molecule has 2 amide bonds. The maximum absolute atomic E-state index is 13.1. The van der Waals surface area contributed by atoms with Crippen molar-refractivity contribution < 1.29 is 87.5 Å². The fourth-order valence-corrected chi connectivity index (χ4v) is 14.0. The van der Waals surface area contributed by atoms with E-state index < -0.39 is 60.0 Å². The lowest BCUT2D eigenvalue weighted by Gasteiger charge is -2.20. The number of likely N-dealkylation sites (N-methyl/N-ethyl adjacent to an activating group) is 4. The number of esters is 2. The number of aryl methyl sites for hydroxylation is 6. The number of rotatable bonds is 33. The molecule has 0 radical (unpaired) electrons. The molecule has 26 nitrogen and oxygen atoms in total. The zero-order valence-electron chi connectivity index (χ0n) is 60.5. The number of carbonyl (C=O) groups is 6. The number of carboxylic acids is 1. The van der Waals surface area contributed by atoms with Gasteiger partial charge in [0, 0.05) is 65.6 Å². The summed E-state index contributed by atoms with van der Waals surface area (Å²) in [6, 6.07) is 16.9. The Hall–Kier alpha value is -7.25. The van der Waals surface area contributed by atoms with Gasteiger partial charge in [0.15, 0.2) is 5.78 Å². The normalized spacial score (nSPS) is 11.7. The molecule has 97 heavy (non-hydrogen) atoms. The number of nitrogens with zero attached hydrogens (tertiary/aromatic N) is 4. The number of methoxy groups -OCH3 is 3. The van der Waals surface area contributed by atoms with E-state index in [1.165, 1.54) is 42.5 Å². The van der Waals surface area contributed by atoms with Gasteiger partial charge >= 0.3 is 17.9 Å². The van der Waals surface area contributed by atoms with Gasteiger partial charge in [-0.3, -0.25) is 28.8 Å². The number of Topliss-reactive ketones (excluding diaryl/α,β-unsaturated/α-hetero) is 1. The summed E-state index contributed by atoms with van der Waals surface area (Å²) in [4.78, 5) is 73.0. The van der Waals surface area contributed by atoms with Crippen molar-refractivity contribution in [2.75, 3.05) is 108 Å². The third kappa shape index (κ3) is 31.0. The molecule has 0 aliphatic carbocycles. The zero-order valence-corrected chi connectivity index (χ0v) is 62.9. The van der Waals surface area contributed by atoms with Crippen LogP contribution in [0.2, 0.25) is 0 Å². The molecule has 546 valence electrons. The van der Waals surface area contributed by atoms with Crippen LogP contribution in [0.3, 0.4) is 0 Å². The number of carbonyl (C=O) groups excluding carboxylic acids is 5. The molecule has 4 aromatic carbocycles. The van der Waals surface area contributed by atoms with Gasteiger partial charge in [-0.15, -0.1) is 0 Å². The van der Waals surface area contributed by atoms with Crippen molar-refractivity contribution in [2.24, 2.45) is 5.73 Å². The summed E-state index contributed by atoms with van der Waals surface area (Å²) in [5.74, 6) is -0.167. The highest BCUT2D eigenvalue weighted by Gasteiger charge is 2.30. The molecule has 0 saturated carbocycles. The van der Waals surface area contributed by atoms with Crippen LogP contribution in [0.1, 0.15) is 138 Å². The Balaban J connectivity index is 0.000000702. The Labute approximate surface area is 576 Å². The lowest BCUT2D eigenvalue weighted by atomic mass is 10.1. The van der Waals surface area contributed by atoms with Gasteiger partial charge in [0.05, 0.1) is 49.1 Å². The number of hydrogen-bond acceptors (Lipinski definition) is 20. The Bertz CT molecular complexity index is 3520. The molecule has 0 heterocycles. The van der Waals surface area contributed by atoms with Gasteiger partial charge in [-0.2, -0.15) is 12.9 Å². The van der Waals surface area contributed by atoms with Crippen molar-refractivity contribution in [3.8, 4) is 23.0 Å². The maximum Gasteiger partial charge on any atom is 0.318 e. The number of benzene rings is 4. The molecule has 0 atom stereocenters. The van der Waals surface area contributed by atoms with Gasteiger partial charge in [0.2, 0.25) is 41.9 Å². The lowest BCUT2D eigenvalue weighted by Crippen LogP contribution is -2.39. The first-order valence-corrected chi connectivity index (χ1v) is 36.0. The summed E-state index contributed by atoms with van der Waals surface area (Å²) in [5, 5.41) is 14.0. The minimum absolute atomic E-state index is 0.0286. The number of nitrogens with one attached hydrogen (secondary N) is 2. The van der Waals surface area contributed by atoms with Gasteiger partial charge in [-0.25, -0.2) is 25.3 Å². The third-order valence-electron chi connectivity index (χ3n) is 14.1. The summed E-state index contributed by atoms with van der Waals surface area (Å²) in [7, 11) is -3.02. The van der Waals surface area contributed by atoms with Gasteiger partial charge in [-0.05, 0) is 216 Å². The SMILES string of the molecule is CC(C)(C)OC(=O)CCCN.CCN(CC)CCOc1ccc(C(=O)CCCNC(=O)CN(C)S(=O)(=O)c2c(C)cc(OC)cc2C)cc1.COc1cc(C)c(S(=O)(=O)N(C)CC(=O)NCCCC(=O)OC(C)(C)C)c(C)c1.COc1cc(C)c(S(=O)(=O)N(C)CC(=O)O)c(C)c1. The smallest absolute Gasteiger partial charge is 0.318 e. The Kier molecular flexibility index (Phi) is 37.3. The van der Waals surface area contributed by atoms with Crippen molar-refractivity contribution in [2.45, 2.75) is 161 Å². The number of sulfonamides is 3. The first-order valence-electron chi connectivity index (χ1n) is 31.7. The second-order valence-electron chi connectivity index (χ2n) is 24.7. The summed E-state index contributed by atoms with van der Waals surface area (Å²) >= 11 is 0. The predicted molar refractivity (Wildman–Crippen MR) is 373 cm³/mol. The van der Waals surface area contributed by atoms with Crippen LogP contribution in [-0.2, 0) is 63.5 Å². The number of nitrogens with two attached hydrogens (primary N) is 1. The summed E-state index contributed by atoms with van der Waals surface area (Å²) in [5.41, 5.74) is 8.14. The molecule has 4 rings (SSSR count). The molecule has 29 heteroatoms. The van der Waals surface area contributed by atoms with Gasteiger partial charge < -0.3 is 54.8 Å². The average Bonchev–Trinajstić information content (AvgIpc) is 0.801. The van der Waals surface area contributed by atoms with Crippen molar-refractivity contribution in [3.63, 3.8) is 0 Å². The highest BCUT2D eigenvalue weighted by molar-refractivity contribution is 7.89. The largest absolute Gasteiger partial charge is 0.497 e. The first kappa shape index (κ1) is 87.8. The fourth-order valence-electron chi connectivity index (χ4n) is 9.42. The summed E-state index contributed by atoms with van der Waals surface area (Å²) in [6.45, 7) is 28.5. The third-order valence-corrected chi connectivity index (χ3v) is 20.4. The monoisotopic (exact) mass is 1420 g/mol. The van der Waals surface area contributed by atoms with Crippen LogP contribution in [0.15, 0.2) is 75.4 Å². The number of amides is 2. The van der Waals surface area contributed by atoms with Gasteiger partial charge in [-0.1, -0.05) is 13.8 Å². The van der Waals surface area contributed by atoms with E-state index in [0.29, 0.717) is 95.0 Å². The Morgan fingerprint density at radius 3 is 1.11 bits per heavy atom. The molecule has 4 aromatic rings. The fraction of sp³-hybridized carbons (Fsp3) is 0.559. The molecular formula is C68H107N7O19S3. The van der Waals surface area contributed by atoms with Crippen LogP contribution in [0.5, 0.6) is 23.0 Å². The van der Waals surface area contributed by atoms with E-state index in [2.05, 4.69) is 29.4 Å². The second-order valence-corrected chi connectivity index (χ2v) is 30.7. The van der Waals surface area contributed by atoms with E-state index in [0.717, 1.165) is 38.3 Å². The number of carboxylic acid groups (broad SMARTS) is 1. The predicted octanol–water partition coefficient (Wildman–Crippen LogP) is 7.69. The van der Waals surface area contributed by atoms with Crippen molar-refractivity contribution in [1.82, 2.24) is 28.4 Å². The minimum atomic E-state index is -3.87. The standard InChI is InChI=1S/C28H41N3O6S.C20H32N2O6S.C12H17NO5S.C8H17NO2/c1-7-31(8-2)16-17-37-24-13-11-23(12-14-24)26(32)10-9-15-29-27(33)20-30(5)38(34,35)28-21(3)18-25(36-6)19-22(28)4;1-14-11-16(27-7)12-15(2)19(14)29(25,26)22(6)13-17(23)21-10-8-9-18(24)28-20(3,4)5;1-8-5-10(18-4)6-9(2)12(8)19(16,17)13(3)7-11(14)15;1-8(2,3)11-7(10)5-4-6-9/h11-14,18-19H,7-10,15-17,20H2,1-6H3,(H,29,33);11-12H,8-10,13H2,1-7H3,(H,21,23);5-6H,7H2,1-4H3,(H,14,15);4-6,9H2,1-3H3. The molecule has 0 saturated heterocycles. The Morgan fingerprint density at radius 2 is 0.814 bits per heavy atom. The number of ether oxygens (including phenoxy) is 6. The maximum atomic E-state index is 13.1. The van der Waals surface area contributed by atoms with Crippen LogP contribution in [-0.4, -0.2) is 203 Å². The highest BCUT2D eigenvalue weighted by Crippen LogP contribution is 2.31. The zero-order chi connectivity index (χ0) is 74.4. The Morgan fingerprint density at radius 1 is 0.495 bits per heavy atom. The lowest BCUT2D eigenvalue weighted by molar-refractivity contribution is -0.156. The minimum Gasteiger partial charge on any atom is -0.497 e. The second kappa shape index (κ2) is 41.2. The quantitative estimate of drug-likeness (QED) is 0.0202. The van der Waals surface area contributed by atoms with E-state index in [1.54, 1.807) is 123 Å². The van der Waals surface area contributed by atoms with E-state index in [9.17, 15) is 54.0 Å². The topological polar surface area (TPSA) is 343 Å². The average molecular weight is 1420 g/mol. The van der Waals surface area contributed by atoms with Gasteiger partial charge in [0.25, 0.3) is 0 Å². The molecule has 0 spiro atoms. The molecule has 5 N–H and O–H groups in total. The summed E-state index contributed by atoms with van der Waals surface area (Å²) in [6.07, 6.45) is 2.42. The van der Waals surface area contributed by atoms with Crippen LogP contribution in [0.4, 0.5) is 0 Å².